The molecule has 0 bridgehead atoms. The van der Waals surface area contributed by atoms with Crippen molar-refractivity contribution in [2.75, 3.05) is 14.2 Å². The Morgan fingerprint density at radius 3 is 2.60 bits per heavy atom. The molecular formula is C18H21NO6. The van der Waals surface area contributed by atoms with Gasteiger partial charge in [0, 0.05) is 13.7 Å². The number of esters is 1. The third-order valence-electron chi connectivity index (χ3n) is 4.27. The Bertz CT molecular complexity index is 674. The van der Waals surface area contributed by atoms with Crippen LogP contribution in [0.5, 0.6) is 0 Å². The van der Waals surface area contributed by atoms with E-state index in [1.807, 2.05) is 30.3 Å². The number of rotatable bonds is 6. The molecule has 2 heterocycles. The van der Waals surface area contributed by atoms with Crippen molar-refractivity contribution in [3.05, 3.63) is 60.1 Å². The van der Waals surface area contributed by atoms with E-state index in [1.54, 1.807) is 17.2 Å². The lowest BCUT2D eigenvalue weighted by Crippen LogP contribution is -2.38. The molecule has 0 aliphatic carbocycles. The second kappa shape index (κ2) is 7.79. The van der Waals surface area contributed by atoms with Crippen LogP contribution in [-0.4, -0.2) is 42.8 Å². The van der Waals surface area contributed by atoms with Gasteiger partial charge in [0.25, 0.3) is 0 Å². The van der Waals surface area contributed by atoms with Crippen LogP contribution < -0.4 is 0 Å². The number of furan rings is 1. The Morgan fingerprint density at radius 2 is 2.00 bits per heavy atom. The number of ether oxygens (including phenoxy) is 2. The molecule has 25 heavy (non-hydrogen) atoms. The maximum atomic E-state index is 12.4. The highest BCUT2D eigenvalue weighted by Crippen LogP contribution is 2.42. The average Bonchev–Trinajstić information content (AvgIpc) is 3.28. The first-order valence-corrected chi connectivity index (χ1v) is 7.95. The van der Waals surface area contributed by atoms with E-state index in [-0.39, 0.29) is 0 Å². The largest absolute Gasteiger partial charge is 0.469 e. The molecule has 0 radical (unpaired) electrons. The number of benzene rings is 1. The second-order valence-electron chi connectivity index (χ2n) is 5.77. The monoisotopic (exact) mass is 347 g/mol. The van der Waals surface area contributed by atoms with Gasteiger partial charge in [-0.3, -0.25) is 9.63 Å². The molecule has 1 N–H and O–H groups in total. The van der Waals surface area contributed by atoms with E-state index < -0.39 is 30.3 Å². The maximum absolute atomic E-state index is 12.4. The van der Waals surface area contributed by atoms with Gasteiger partial charge in [-0.2, -0.15) is 5.06 Å². The van der Waals surface area contributed by atoms with Crippen LogP contribution in [0.25, 0.3) is 0 Å². The summed E-state index contributed by atoms with van der Waals surface area (Å²) in [5.41, 5.74) is 0.996. The number of carbonyl (C=O) groups is 1. The van der Waals surface area contributed by atoms with E-state index in [2.05, 4.69) is 0 Å². The molecular weight excluding hydrogens is 326 g/mol. The second-order valence-corrected chi connectivity index (χ2v) is 5.77. The van der Waals surface area contributed by atoms with E-state index in [1.165, 1.54) is 20.5 Å². The highest BCUT2D eigenvalue weighted by atomic mass is 16.7. The number of hydrogen-bond donors (Lipinski definition) is 1. The average molecular weight is 347 g/mol. The molecule has 0 spiro atoms. The predicted octanol–water partition coefficient (Wildman–Crippen LogP) is 1.89. The predicted molar refractivity (Wildman–Crippen MR) is 86.8 cm³/mol. The molecule has 7 heteroatoms. The third kappa shape index (κ3) is 3.59. The number of aliphatic hydroxyl groups is 1. The molecule has 7 nitrogen and oxygen atoms in total. The number of aliphatic hydroxyl groups excluding tert-OH is 1. The van der Waals surface area contributed by atoms with Gasteiger partial charge in [0.05, 0.1) is 13.4 Å². The fourth-order valence-electron chi connectivity index (χ4n) is 3.09. The van der Waals surface area contributed by atoms with Crippen molar-refractivity contribution in [1.82, 2.24) is 5.06 Å². The zero-order valence-electron chi connectivity index (χ0n) is 14.1. The molecule has 1 aliphatic rings. The summed E-state index contributed by atoms with van der Waals surface area (Å²) in [6, 6.07) is 12.6. The van der Waals surface area contributed by atoms with Crippen LogP contribution in [0.3, 0.4) is 0 Å². The lowest BCUT2D eigenvalue weighted by molar-refractivity contribution is -0.238. The van der Waals surface area contributed by atoms with Crippen LogP contribution in [0.1, 0.15) is 17.4 Å². The summed E-state index contributed by atoms with van der Waals surface area (Å²) in [7, 11) is 2.65. The lowest BCUT2D eigenvalue weighted by atomic mass is 9.92. The Kier molecular flexibility index (Phi) is 5.50. The molecule has 1 aromatic carbocycles. The molecule has 1 aromatic heterocycles. The fourth-order valence-corrected chi connectivity index (χ4v) is 3.09. The zero-order valence-corrected chi connectivity index (χ0v) is 14.1. The Morgan fingerprint density at radius 1 is 1.24 bits per heavy atom. The Labute approximate surface area is 145 Å². The van der Waals surface area contributed by atoms with Crippen LogP contribution >= 0.6 is 0 Å². The molecule has 4 atom stereocenters. The van der Waals surface area contributed by atoms with Crippen LogP contribution in [0.15, 0.2) is 53.1 Å². The van der Waals surface area contributed by atoms with Gasteiger partial charge in [0.2, 0.25) is 0 Å². The number of nitrogens with zero attached hydrogens (tertiary/aromatic N) is 1. The Balaban J connectivity index is 1.96. The minimum absolute atomic E-state index is 0.409. The van der Waals surface area contributed by atoms with E-state index in [9.17, 15) is 9.90 Å². The van der Waals surface area contributed by atoms with Crippen molar-refractivity contribution >= 4 is 5.97 Å². The Hall–Kier alpha value is -2.19. The SMILES string of the molecule is COC(=O)[C@@H]1[C@@H]([C@@H](O)OC)ON(Cc2ccccc2)[C@@H]1c1ccco1. The molecule has 0 saturated carbocycles. The number of methoxy groups -OCH3 is 2. The summed E-state index contributed by atoms with van der Waals surface area (Å²) < 4.78 is 15.4. The maximum Gasteiger partial charge on any atom is 0.313 e. The summed E-state index contributed by atoms with van der Waals surface area (Å²) in [5, 5.41) is 11.8. The van der Waals surface area contributed by atoms with Crippen molar-refractivity contribution in [3.63, 3.8) is 0 Å². The summed E-state index contributed by atoms with van der Waals surface area (Å²) in [5.74, 6) is -0.745. The minimum Gasteiger partial charge on any atom is -0.469 e. The molecule has 1 saturated heterocycles. The highest BCUT2D eigenvalue weighted by molar-refractivity contribution is 5.74. The van der Waals surface area contributed by atoms with E-state index >= 15 is 0 Å². The highest BCUT2D eigenvalue weighted by Gasteiger charge is 2.53. The van der Waals surface area contributed by atoms with Gasteiger partial charge in [-0.15, -0.1) is 0 Å². The normalized spacial score (nSPS) is 25.0. The van der Waals surface area contributed by atoms with Gasteiger partial charge in [0.15, 0.2) is 6.29 Å². The van der Waals surface area contributed by atoms with Gasteiger partial charge in [-0.05, 0) is 17.7 Å². The van der Waals surface area contributed by atoms with Gasteiger partial charge in [0.1, 0.15) is 23.8 Å². The van der Waals surface area contributed by atoms with Crippen molar-refractivity contribution in [1.29, 1.82) is 0 Å². The first-order chi connectivity index (χ1) is 12.2. The first-order valence-electron chi connectivity index (χ1n) is 7.95. The smallest absolute Gasteiger partial charge is 0.313 e. The van der Waals surface area contributed by atoms with Crippen molar-refractivity contribution < 1.29 is 28.6 Å². The molecule has 1 fully saturated rings. The van der Waals surface area contributed by atoms with Crippen LogP contribution in [0, 0.1) is 5.92 Å². The molecule has 2 aromatic rings. The quantitative estimate of drug-likeness (QED) is 0.631. The van der Waals surface area contributed by atoms with Crippen LogP contribution in [0.4, 0.5) is 0 Å². The van der Waals surface area contributed by atoms with Gasteiger partial charge >= 0.3 is 5.97 Å². The van der Waals surface area contributed by atoms with E-state index in [0.29, 0.717) is 12.3 Å². The number of carbonyl (C=O) groups excluding carboxylic acids is 1. The third-order valence-corrected chi connectivity index (χ3v) is 4.27. The van der Waals surface area contributed by atoms with E-state index in [0.717, 1.165) is 5.56 Å². The van der Waals surface area contributed by atoms with Gasteiger partial charge in [-0.1, -0.05) is 30.3 Å². The van der Waals surface area contributed by atoms with Crippen molar-refractivity contribution in [3.8, 4) is 0 Å². The summed E-state index contributed by atoms with van der Waals surface area (Å²) in [4.78, 5) is 18.3. The minimum atomic E-state index is -1.28. The fraction of sp³-hybridized carbons (Fsp3) is 0.389. The lowest BCUT2D eigenvalue weighted by Gasteiger charge is -2.22. The van der Waals surface area contributed by atoms with Gasteiger partial charge < -0.3 is 19.0 Å². The zero-order chi connectivity index (χ0) is 17.8. The molecule has 134 valence electrons. The molecule has 0 unspecified atom stereocenters. The summed E-state index contributed by atoms with van der Waals surface area (Å²) >= 11 is 0. The number of hydroxylamine groups is 2. The van der Waals surface area contributed by atoms with Crippen LogP contribution in [0.2, 0.25) is 0 Å². The van der Waals surface area contributed by atoms with Crippen molar-refractivity contribution in [2.24, 2.45) is 5.92 Å². The van der Waals surface area contributed by atoms with Crippen LogP contribution in [-0.2, 0) is 25.7 Å². The molecule has 3 rings (SSSR count). The van der Waals surface area contributed by atoms with Gasteiger partial charge in [-0.25, -0.2) is 0 Å². The molecule has 1 aliphatic heterocycles. The van der Waals surface area contributed by atoms with E-state index in [4.69, 9.17) is 18.7 Å². The molecule has 0 amide bonds. The number of hydrogen-bond acceptors (Lipinski definition) is 7. The standard InChI is InChI=1S/C18H21NO6/c1-22-17(20)14-15(13-9-6-10-24-13)19(25-16(14)18(21)23-2)11-12-7-4-3-5-8-12/h3-10,14-16,18,21H,11H2,1-2H3/t14-,15+,16-,18-/m0/s1. The summed E-state index contributed by atoms with van der Waals surface area (Å²) in [6.45, 7) is 0.409. The topological polar surface area (TPSA) is 81.4 Å². The van der Waals surface area contributed by atoms with Crippen molar-refractivity contribution in [2.45, 2.75) is 25.0 Å². The first kappa shape index (κ1) is 17.6. The summed E-state index contributed by atoms with van der Waals surface area (Å²) in [6.07, 6.45) is -0.650.